The van der Waals surface area contributed by atoms with Crippen LogP contribution in [0.2, 0.25) is 0 Å². The Morgan fingerprint density at radius 3 is 2.03 bits per heavy atom. The van der Waals surface area contributed by atoms with E-state index in [-0.39, 0.29) is 0 Å². The Hall–Kier alpha value is -4.89. The molecule has 168 valence electrons. The Morgan fingerprint density at radius 1 is 0.417 bits per heavy atom. The molecule has 0 atom stereocenters. The SMILES string of the molecule is c1cc(-c2ccc3oc4cc5oc6ccccc6c5cc4c3c2)cc(-c2cc3ccccc3cn2)c1. The summed E-state index contributed by atoms with van der Waals surface area (Å²) in [5.74, 6) is 0. The quantitative estimate of drug-likeness (QED) is 0.257. The van der Waals surface area contributed by atoms with Crippen LogP contribution in [-0.4, -0.2) is 4.98 Å². The highest BCUT2D eigenvalue weighted by Gasteiger charge is 2.14. The van der Waals surface area contributed by atoms with E-state index in [9.17, 15) is 0 Å². The van der Waals surface area contributed by atoms with Crippen LogP contribution in [0.4, 0.5) is 0 Å². The molecule has 0 N–H and O–H groups in total. The zero-order valence-corrected chi connectivity index (χ0v) is 19.2. The monoisotopic (exact) mass is 461 g/mol. The summed E-state index contributed by atoms with van der Waals surface area (Å²) in [6.07, 6.45) is 1.95. The number of fused-ring (bicyclic) bond motifs is 7. The highest BCUT2D eigenvalue weighted by molar-refractivity contribution is 6.15. The molecule has 3 heterocycles. The first-order chi connectivity index (χ1) is 17.8. The predicted molar refractivity (Wildman–Crippen MR) is 147 cm³/mol. The summed E-state index contributed by atoms with van der Waals surface area (Å²) in [5.41, 5.74) is 7.81. The lowest BCUT2D eigenvalue weighted by Gasteiger charge is -2.07. The average molecular weight is 462 g/mol. The van der Waals surface area contributed by atoms with Gasteiger partial charge in [-0.3, -0.25) is 4.98 Å². The van der Waals surface area contributed by atoms with Gasteiger partial charge in [0, 0.05) is 44.8 Å². The Balaban J connectivity index is 1.28. The summed E-state index contributed by atoms with van der Waals surface area (Å²) in [5, 5.41) is 6.76. The highest BCUT2D eigenvalue weighted by atomic mass is 16.3. The second-order valence-electron chi connectivity index (χ2n) is 9.25. The topological polar surface area (TPSA) is 39.2 Å². The number of aromatic nitrogens is 1. The van der Waals surface area contributed by atoms with Gasteiger partial charge in [0.05, 0.1) is 5.69 Å². The van der Waals surface area contributed by atoms with Crippen molar-refractivity contribution in [3.8, 4) is 22.4 Å². The van der Waals surface area contributed by atoms with E-state index in [1.165, 1.54) is 5.39 Å². The lowest BCUT2D eigenvalue weighted by Crippen LogP contribution is -1.85. The highest BCUT2D eigenvalue weighted by Crippen LogP contribution is 2.38. The molecule has 0 saturated heterocycles. The van der Waals surface area contributed by atoms with Gasteiger partial charge in [-0.25, -0.2) is 0 Å². The van der Waals surface area contributed by atoms with Gasteiger partial charge >= 0.3 is 0 Å². The van der Waals surface area contributed by atoms with Gasteiger partial charge in [0.2, 0.25) is 0 Å². The summed E-state index contributed by atoms with van der Waals surface area (Å²) in [6, 6.07) is 37.8. The van der Waals surface area contributed by atoms with Crippen LogP contribution in [0.15, 0.2) is 124 Å². The van der Waals surface area contributed by atoms with Crippen molar-refractivity contribution in [3.63, 3.8) is 0 Å². The van der Waals surface area contributed by atoms with Crippen LogP contribution in [-0.2, 0) is 0 Å². The molecule has 3 heteroatoms. The smallest absolute Gasteiger partial charge is 0.139 e. The third-order valence-electron chi connectivity index (χ3n) is 7.09. The first-order valence-corrected chi connectivity index (χ1v) is 12.0. The van der Waals surface area contributed by atoms with Crippen LogP contribution in [0, 0.1) is 0 Å². The lowest BCUT2D eigenvalue weighted by atomic mass is 9.99. The van der Waals surface area contributed by atoms with Crippen LogP contribution in [0.25, 0.3) is 77.0 Å². The Kier molecular flexibility index (Phi) is 3.94. The second kappa shape index (κ2) is 7.30. The van der Waals surface area contributed by atoms with Crippen molar-refractivity contribution >= 4 is 54.6 Å². The minimum atomic E-state index is 0.836. The minimum absolute atomic E-state index is 0.836. The van der Waals surface area contributed by atoms with Crippen molar-refractivity contribution < 1.29 is 8.83 Å². The minimum Gasteiger partial charge on any atom is -0.456 e. The average Bonchev–Trinajstić information content (AvgIpc) is 3.48. The largest absolute Gasteiger partial charge is 0.456 e. The molecule has 0 saturated carbocycles. The van der Waals surface area contributed by atoms with E-state index >= 15 is 0 Å². The first-order valence-electron chi connectivity index (χ1n) is 12.0. The fraction of sp³-hybridized carbons (Fsp3) is 0. The van der Waals surface area contributed by atoms with Gasteiger partial charge in [-0.15, -0.1) is 0 Å². The maximum atomic E-state index is 6.21. The maximum absolute atomic E-state index is 6.21. The van der Waals surface area contributed by atoms with Crippen molar-refractivity contribution in [1.29, 1.82) is 0 Å². The third-order valence-corrected chi connectivity index (χ3v) is 7.09. The number of rotatable bonds is 2. The Labute approximate surface area is 206 Å². The van der Waals surface area contributed by atoms with E-state index in [2.05, 4.69) is 78.9 Å². The molecule has 8 rings (SSSR count). The summed E-state index contributed by atoms with van der Waals surface area (Å²) >= 11 is 0. The Bertz CT molecular complexity index is 2110. The number of hydrogen-bond acceptors (Lipinski definition) is 3. The molecule has 0 spiro atoms. The van der Waals surface area contributed by atoms with Crippen molar-refractivity contribution in [2.75, 3.05) is 0 Å². The number of benzene rings is 5. The zero-order chi connectivity index (χ0) is 23.6. The third kappa shape index (κ3) is 2.90. The number of pyridine rings is 1. The van der Waals surface area contributed by atoms with E-state index in [4.69, 9.17) is 13.8 Å². The number of hydrogen-bond donors (Lipinski definition) is 0. The zero-order valence-electron chi connectivity index (χ0n) is 19.2. The molecule has 0 fully saturated rings. The van der Waals surface area contributed by atoms with Gasteiger partial charge in [-0.1, -0.05) is 66.7 Å². The molecule has 0 aliphatic heterocycles. The van der Waals surface area contributed by atoms with Gasteiger partial charge in [0.1, 0.15) is 22.3 Å². The van der Waals surface area contributed by atoms with Crippen molar-refractivity contribution in [2.24, 2.45) is 0 Å². The van der Waals surface area contributed by atoms with Gasteiger partial charge in [0.25, 0.3) is 0 Å². The second-order valence-corrected chi connectivity index (χ2v) is 9.25. The van der Waals surface area contributed by atoms with Gasteiger partial charge in [-0.05, 0) is 52.9 Å². The molecule has 0 aliphatic rings. The van der Waals surface area contributed by atoms with Crippen LogP contribution in [0.3, 0.4) is 0 Å². The van der Waals surface area contributed by atoms with E-state index < -0.39 is 0 Å². The summed E-state index contributed by atoms with van der Waals surface area (Å²) < 4.78 is 12.3. The van der Waals surface area contributed by atoms with Gasteiger partial charge in [-0.2, -0.15) is 0 Å². The molecule has 0 aliphatic carbocycles. The van der Waals surface area contributed by atoms with E-state index in [1.54, 1.807) is 0 Å². The molecule has 8 aromatic rings. The fourth-order valence-electron chi connectivity index (χ4n) is 5.27. The fourth-order valence-corrected chi connectivity index (χ4v) is 5.27. The number of furan rings is 2. The van der Waals surface area contributed by atoms with E-state index in [0.717, 1.165) is 71.6 Å². The van der Waals surface area contributed by atoms with Gasteiger partial charge < -0.3 is 8.83 Å². The normalized spacial score (nSPS) is 11.9. The molecule has 0 unspecified atom stereocenters. The van der Waals surface area contributed by atoms with Gasteiger partial charge in [0.15, 0.2) is 0 Å². The molecule has 0 amide bonds. The summed E-state index contributed by atoms with van der Waals surface area (Å²) in [7, 11) is 0. The molecule has 5 aromatic carbocycles. The van der Waals surface area contributed by atoms with Crippen LogP contribution < -0.4 is 0 Å². The molecule has 0 bridgehead atoms. The van der Waals surface area contributed by atoms with Crippen molar-refractivity contribution in [1.82, 2.24) is 4.98 Å². The molecular formula is C33H19NO2. The maximum Gasteiger partial charge on any atom is 0.139 e. The van der Waals surface area contributed by atoms with Crippen LogP contribution >= 0.6 is 0 Å². The first kappa shape index (κ1) is 19.4. The summed E-state index contributed by atoms with van der Waals surface area (Å²) in [6.45, 7) is 0. The molecule has 3 nitrogen and oxygen atoms in total. The van der Waals surface area contributed by atoms with E-state index in [0.29, 0.717) is 0 Å². The lowest BCUT2D eigenvalue weighted by molar-refractivity contribution is 0.656. The number of para-hydroxylation sites is 1. The summed E-state index contributed by atoms with van der Waals surface area (Å²) in [4.78, 5) is 4.72. The molecule has 3 aromatic heterocycles. The van der Waals surface area contributed by atoms with Crippen molar-refractivity contribution in [2.45, 2.75) is 0 Å². The van der Waals surface area contributed by atoms with Crippen molar-refractivity contribution in [3.05, 3.63) is 115 Å². The Morgan fingerprint density at radius 2 is 1.11 bits per heavy atom. The number of nitrogens with zero attached hydrogens (tertiary/aromatic N) is 1. The molecule has 36 heavy (non-hydrogen) atoms. The molecular weight excluding hydrogens is 442 g/mol. The molecule has 0 radical (unpaired) electrons. The van der Waals surface area contributed by atoms with Crippen LogP contribution in [0.5, 0.6) is 0 Å². The van der Waals surface area contributed by atoms with E-state index in [1.807, 2.05) is 36.5 Å². The predicted octanol–water partition coefficient (Wildman–Crippen LogP) is 9.37. The van der Waals surface area contributed by atoms with Crippen LogP contribution in [0.1, 0.15) is 0 Å². The standard InChI is InChI=1S/C33H19NO2/c1-2-7-24-19-34-29(16-21(24)6-1)23-9-5-8-20(14-23)22-12-13-31-26(15-22)28-17-27-25-10-3-4-11-30(25)35-32(27)18-33(28)36-31/h1-19H.